The van der Waals surface area contributed by atoms with Gasteiger partial charge in [0.05, 0.1) is 12.7 Å². The molecule has 0 atom stereocenters. The summed E-state index contributed by atoms with van der Waals surface area (Å²) in [6.07, 6.45) is 3.56. The van der Waals surface area contributed by atoms with Gasteiger partial charge in [-0.05, 0) is 35.4 Å². The average Bonchev–Trinajstić information content (AvgIpc) is 2.91. The molecule has 0 saturated carbocycles. The number of benzene rings is 2. The standard InChI is InChI=1S/C16H13F2N3/c17-15-5-4-11(6-16(15)18)9-21-10-13(8-20-21)12-2-1-3-14(19)7-12/h1-8,10H,9,19H2. The molecular formula is C16H13F2N3. The average molecular weight is 285 g/mol. The fraction of sp³-hybridized carbons (Fsp3) is 0.0625. The highest BCUT2D eigenvalue weighted by molar-refractivity contribution is 5.65. The Morgan fingerprint density at radius 2 is 1.86 bits per heavy atom. The summed E-state index contributed by atoms with van der Waals surface area (Å²) in [6.45, 7) is 0.375. The molecule has 0 radical (unpaired) electrons. The lowest BCUT2D eigenvalue weighted by Gasteiger charge is -2.02. The van der Waals surface area contributed by atoms with Crippen LogP contribution in [0.25, 0.3) is 11.1 Å². The van der Waals surface area contributed by atoms with Gasteiger partial charge in [0.15, 0.2) is 11.6 Å². The molecule has 0 unspecified atom stereocenters. The molecule has 0 aliphatic carbocycles. The summed E-state index contributed by atoms with van der Waals surface area (Å²) in [5.41, 5.74) is 8.97. The fourth-order valence-electron chi connectivity index (χ4n) is 2.14. The molecule has 106 valence electrons. The van der Waals surface area contributed by atoms with Crippen LogP contribution in [0.3, 0.4) is 0 Å². The van der Waals surface area contributed by atoms with Gasteiger partial charge in [0.1, 0.15) is 0 Å². The minimum atomic E-state index is -0.851. The van der Waals surface area contributed by atoms with Gasteiger partial charge in [0.2, 0.25) is 0 Å². The lowest BCUT2D eigenvalue weighted by Crippen LogP contribution is -2.00. The van der Waals surface area contributed by atoms with Gasteiger partial charge in [-0.15, -0.1) is 0 Å². The monoisotopic (exact) mass is 285 g/mol. The highest BCUT2D eigenvalue weighted by Gasteiger charge is 2.05. The third kappa shape index (κ3) is 2.91. The Hall–Kier alpha value is -2.69. The zero-order chi connectivity index (χ0) is 14.8. The Kier molecular flexibility index (Phi) is 3.39. The number of aromatic nitrogens is 2. The highest BCUT2D eigenvalue weighted by Crippen LogP contribution is 2.21. The van der Waals surface area contributed by atoms with Gasteiger partial charge < -0.3 is 5.73 Å². The summed E-state index contributed by atoms with van der Waals surface area (Å²) >= 11 is 0. The van der Waals surface area contributed by atoms with Crippen molar-refractivity contribution < 1.29 is 8.78 Å². The summed E-state index contributed by atoms with van der Waals surface area (Å²) in [5, 5.41) is 4.23. The summed E-state index contributed by atoms with van der Waals surface area (Å²) < 4.78 is 27.7. The lowest BCUT2D eigenvalue weighted by molar-refractivity contribution is 0.506. The number of anilines is 1. The second kappa shape index (κ2) is 5.36. The molecule has 0 saturated heterocycles. The van der Waals surface area contributed by atoms with Crippen LogP contribution in [0, 0.1) is 11.6 Å². The predicted molar refractivity (Wildman–Crippen MR) is 77.5 cm³/mol. The number of halogens is 2. The molecule has 2 aromatic carbocycles. The normalized spacial score (nSPS) is 10.8. The zero-order valence-electron chi connectivity index (χ0n) is 11.1. The maximum Gasteiger partial charge on any atom is 0.159 e. The smallest absolute Gasteiger partial charge is 0.159 e. The van der Waals surface area contributed by atoms with Crippen molar-refractivity contribution in [2.45, 2.75) is 6.54 Å². The Labute approximate surface area is 120 Å². The SMILES string of the molecule is Nc1cccc(-c2cnn(Cc3ccc(F)c(F)c3)c2)c1. The predicted octanol–water partition coefficient (Wildman–Crippen LogP) is 3.46. The lowest BCUT2D eigenvalue weighted by atomic mass is 10.1. The minimum absolute atomic E-state index is 0.375. The van der Waals surface area contributed by atoms with Crippen LogP contribution in [0.2, 0.25) is 0 Å². The van der Waals surface area contributed by atoms with E-state index in [2.05, 4.69) is 5.10 Å². The van der Waals surface area contributed by atoms with Crippen molar-refractivity contribution in [1.82, 2.24) is 9.78 Å². The van der Waals surface area contributed by atoms with Crippen molar-refractivity contribution in [3.63, 3.8) is 0 Å². The first-order valence-electron chi connectivity index (χ1n) is 6.44. The number of hydrogen-bond donors (Lipinski definition) is 1. The van der Waals surface area contributed by atoms with E-state index in [-0.39, 0.29) is 0 Å². The van der Waals surface area contributed by atoms with E-state index >= 15 is 0 Å². The first kappa shape index (κ1) is 13.3. The molecule has 0 aliphatic rings. The van der Waals surface area contributed by atoms with Gasteiger partial charge in [-0.25, -0.2) is 8.78 Å². The quantitative estimate of drug-likeness (QED) is 0.749. The zero-order valence-corrected chi connectivity index (χ0v) is 11.1. The molecule has 5 heteroatoms. The molecule has 0 aliphatic heterocycles. The highest BCUT2D eigenvalue weighted by atomic mass is 19.2. The molecule has 3 rings (SSSR count). The van der Waals surface area contributed by atoms with Crippen molar-refractivity contribution in [1.29, 1.82) is 0 Å². The fourth-order valence-corrected chi connectivity index (χ4v) is 2.14. The van der Waals surface area contributed by atoms with Crippen LogP contribution in [0.15, 0.2) is 54.9 Å². The van der Waals surface area contributed by atoms with E-state index < -0.39 is 11.6 Å². The summed E-state index contributed by atoms with van der Waals surface area (Å²) in [6, 6.07) is 11.3. The van der Waals surface area contributed by atoms with Crippen LogP contribution in [0.5, 0.6) is 0 Å². The van der Waals surface area contributed by atoms with Gasteiger partial charge in [0.25, 0.3) is 0 Å². The van der Waals surface area contributed by atoms with Gasteiger partial charge in [-0.3, -0.25) is 4.68 Å². The molecule has 0 amide bonds. The van der Waals surface area contributed by atoms with Crippen molar-refractivity contribution in [2.24, 2.45) is 0 Å². The largest absolute Gasteiger partial charge is 0.399 e. The number of nitrogen functional groups attached to an aromatic ring is 1. The number of hydrogen-bond acceptors (Lipinski definition) is 2. The minimum Gasteiger partial charge on any atom is -0.399 e. The third-order valence-corrected chi connectivity index (χ3v) is 3.18. The van der Waals surface area contributed by atoms with E-state index in [1.165, 1.54) is 6.07 Å². The van der Waals surface area contributed by atoms with Gasteiger partial charge in [-0.1, -0.05) is 18.2 Å². The van der Waals surface area contributed by atoms with Gasteiger partial charge in [0, 0.05) is 17.4 Å². The van der Waals surface area contributed by atoms with Crippen LogP contribution in [0.4, 0.5) is 14.5 Å². The molecule has 2 N–H and O–H groups in total. The van der Waals surface area contributed by atoms with E-state index in [0.29, 0.717) is 17.8 Å². The first-order chi connectivity index (χ1) is 10.1. The van der Waals surface area contributed by atoms with E-state index in [1.807, 2.05) is 30.5 Å². The molecule has 1 heterocycles. The summed E-state index contributed by atoms with van der Waals surface area (Å²) in [7, 11) is 0. The first-order valence-corrected chi connectivity index (χ1v) is 6.44. The van der Waals surface area contributed by atoms with Crippen LogP contribution in [0.1, 0.15) is 5.56 Å². The Morgan fingerprint density at radius 3 is 2.62 bits per heavy atom. The summed E-state index contributed by atoms with van der Waals surface area (Å²) in [5.74, 6) is -1.70. The van der Waals surface area contributed by atoms with E-state index in [0.717, 1.165) is 17.2 Å². The van der Waals surface area contributed by atoms with Crippen LogP contribution >= 0.6 is 0 Å². The van der Waals surface area contributed by atoms with Crippen molar-refractivity contribution in [3.8, 4) is 11.1 Å². The molecule has 3 aromatic rings. The maximum absolute atomic E-state index is 13.2. The Balaban J connectivity index is 1.83. The molecule has 3 nitrogen and oxygen atoms in total. The van der Waals surface area contributed by atoms with E-state index in [1.54, 1.807) is 16.9 Å². The van der Waals surface area contributed by atoms with Crippen molar-refractivity contribution >= 4 is 5.69 Å². The van der Waals surface area contributed by atoms with Crippen molar-refractivity contribution in [2.75, 3.05) is 5.73 Å². The van der Waals surface area contributed by atoms with Crippen LogP contribution < -0.4 is 5.73 Å². The molecule has 0 spiro atoms. The molecular weight excluding hydrogens is 272 g/mol. The molecule has 0 bridgehead atoms. The maximum atomic E-state index is 13.2. The number of nitrogens with zero attached hydrogens (tertiary/aromatic N) is 2. The number of nitrogens with two attached hydrogens (primary N) is 1. The van der Waals surface area contributed by atoms with Crippen molar-refractivity contribution in [3.05, 3.63) is 72.1 Å². The summed E-state index contributed by atoms with van der Waals surface area (Å²) in [4.78, 5) is 0. The van der Waals surface area contributed by atoms with Crippen LogP contribution in [-0.4, -0.2) is 9.78 Å². The molecule has 0 fully saturated rings. The third-order valence-electron chi connectivity index (χ3n) is 3.18. The Bertz CT molecular complexity index is 781. The van der Waals surface area contributed by atoms with Gasteiger partial charge >= 0.3 is 0 Å². The van der Waals surface area contributed by atoms with Crippen LogP contribution in [-0.2, 0) is 6.54 Å². The molecule has 1 aromatic heterocycles. The second-order valence-electron chi connectivity index (χ2n) is 4.80. The Morgan fingerprint density at radius 1 is 1.00 bits per heavy atom. The second-order valence-corrected chi connectivity index (χ2v) is 4.80. The van der Waals surface area contributed by atoms with E-state index in [4.69, 9.17) is 5.73 Å². The van der Waals surface area contributed by atoms with E-state index in [9.17, 15) is 8.78 Å². The topological polar surface area (TPSA) is 43.8 Å². The number of rotatable bonds is 3. The van der Waals surface area contributed by atoms with Gasteiger partial charge in [-0.2, -0.15) is 5.10 Å². The molecule has 21 heavy (non-hydrogen) atoms.